The van der Waals surface area contributed by atoms with Gasteiger partial charge in [-0.2, -0.15) is 5.26 Å². The number of nitrogen functional groups attached to an aromatic ring is 1. The van der Waals surface area contributed by atoms with Crippen LogP contribution in [-0.4, -0.2) is 18.1 Å². The van der Waals surface area contributed by atoms with Crippen LogP contribution in [0.25, 0.3) is 11.1 Å². The van der Waals surface area contributed by atoms with Gasteiger partial charge in [0, 0.05) is 30.0 Å². The molecule has 1 aromatic carbocycles. The molecule has 0 amide bonds. The van der Waals surface area contributed by atoms with Crippen LogP contribution in [0.15, 0.2) is 24.3 Å². The second kappa shape index (κ2) is 8.43. The first kappa shape index (κ1) is 19.2. The van der Waals surface area contributed by atoms with Gasteiger partial charge in [-0.3, -0.25) is 0 Å². The van der Waals surface area contributed by atoms with Gasteiger partial charge in [0.25, 0.3) is 0 Å². The second-order valence-corrected chi connectivity index (χ2v) is 7.40. The van der Waals surface area contributed by atoms with Crippen molar-refractivity contribution in [2.75, 3.05) is 23.7 Å². The number of nitrogens with zero attached hydrogens (tertiary/aromatic N) is 3. The molecule has 0 bridgehead atoms. The Balaban J connectivity index is 2.09. The Morgan fingerprint density at radius 1 is 1.19 bits per heavy atom. The molecule has 0 fully saturated rings. The molecule has 142 valence electrons. The number of rotatable bonds is 6. The van der Waals surface area contributed by atoms with Crippen molar-refractivity contribution in [2.45, 2.75) is 52.9 Å². The van der Waals surface area contributed by atoms with Crippen LogP contribution in [0, 0.1) is 17.2 Å². The predicted octanol–water partition coefficient (Wildman–Crippen LogP) is 4.95. The Morgan fingerprint density at radius 3 is 2.48 bits per heavy atom. The normalized spacial score (nSPS) is 15.9. The predicted molar refractivity (Wildman–Crippen MR) is 113 cm³/mol. The van der Waals surface area contributed by atoms with Crippen molar-refractivity contribution in [2.24, 2.45) is 5.92 Å². The highest BCUT2D eigenvalue weighted by atomic mass is 15.1. The molecule has 4 nitrogen and oxygen atoms in total. The van der Waals surface area contributed by atoms with Crippen LogP contribution < -0.4 is 10.6 Å². The molecule has 1 heterocycles. The SMILES string of the molecule is CCCC1CCc2nc(N)c(C#N)c(-c3ccc(N(CC)CC)cc3)c2C1. The fraction of sp³-hybridized carbons (Fsp3) is 0.478. The van der Waals surface area contributed by atoms with E-state index in [4.69, 9.17) is 5.73 Å². The number of pyridine rings is 1. The van der Waals surface area contributed by atoms with Crippen molar-refractivity contribution < 1.29 is 0 Å². The molecule has 1 atom stereocenters. The van der Waals surface area contributed by atoms with Crippen LogP contribution in [0.4, 0.5) is 11.5 Å². The molecule has 1 aliphatic rings. The van der Waals surface area contributed by atoms with Crippen LogP contribution in [0.2, 0.25) is 0 Å². The molecule has 27 heavy (non-hydrogen) atoms. The molecular formula is C23H30N4. The molecule has 1 aromatic heterocycles. The molecule has 0 radical (unpaired) electrons. The Hall–Kier alpha value is -2.54. The summed E-state index contributed by atoms with van der Waals surface area (Å²) in [5.74, 6) is 1.04. The molecule has 0 spiro atoms. The lowest BCUT2D eigenvalue weighted by Gasteiger charge is -2.27. The van der Waals surface area contributed by atoms with Gasteiger partial charge in [0.05, 0.1) is 0 Å². The highest BCUT2D eigenvalue weighted by Gasteiger charge is 2.26. The van der Waals surface area contributed by atoms with Crippen LogP contribution in [0.1, 0.15) is 56.9 Å². The van der Waals surface area contributed by atoms with E-state index in [0.29, 0.717) is 17.3 Å². The van der Waals surface area contributed by atoms with Gasteiger partial charge in [0.2, 0.25) is 0 Å². The summed E-state index contributed by atoms with van der Waals surface area (Å²) < 4.78 is 0. The fourth-order valence-corrected chi connectivity index (χ4v) is 4.36. The largest absolute Gasteiger partial charge is 0.383 e. The summed E-state index contributed by atoms with van der Waals surface area (Å²) in [5.41, 5.74) is 12.3. The van der Waals surface area contributed by atoms with Crippen LogP contribution in [0.5, 0.6) is 0 Å². The average Bonchev–Trinajstić information content (AvgIpc) is 2.69. The highest BCUT2D eigenvalue weighted by molar-refractivity contribution is 5.80. The van der Waals surface area contributed by atoms with Crippen LogP contribution in [-0.2, 0) is 12.8 Å². The number of hydrogen-bond acceptors (Lipinski definition) is 4. The van der Waals surface area contributed by atoms with Gasteiger partial charge in [-0.1, -0.05) is 31.9 Å². The van der Waals surface area contributed by atoms with Crippen molar-refractivity contribution >= 4 is 11.5 Å². The molecule has 2 aromatic rings. The van der Waals surface area contributed by atoms with Gasteiger partial charge < -0.3 is 10.6 Å². The monoisotopic (exact) mass is 362 g/mol. The van der Waals surface area contributed by atoms with E-state index in [1.807, 2.05) is 0 Å². The molecule has 0 aliphatic heterocycles. The standard InChI is InChI=1S/C23H30N4/c1-4-7-16-8-13-21-19(14-16)22(20(15-24)23(25)26-21)17-9-11-18(12-10-17)27(5-2)6-3/h9-12,16H,4-8,13-14H2,1-3H3,(H2,25,26). The van der Waals surface area contributed by atoms with Crippen molar-refractivity contribution in [3.05, 3.63) is 41.1 Å². The van der Waals surface area contributed by atoms with Crippen molar-refractivity contribution in [1.29, 1.82) is 5.26 Å². The molecule has 1 unspecified atom stereocenters. The molecule has 1 aliphatic carbocycles. The van der Waals surface area contributed by atoms with E-state index in [1.165, 1.54) is 30.5 Å². The maximum Gasteiger partial charge on any atom is 0.142 e. The number of nitriles is 1. The molecule has 2 N–H and O–H groups in total. The number of aryl methyl sites for hydroxylation is 1. The van der Waals surface area contributed by atoms with E-state index < -0.39 is 0 Å². The zero-order chi connectivity index (χ0) is 19.4. The quantitative estimate of drug-likeness (QED) is 0.789. The van der Waals surface area contributed by atoms with Gasteiger partial charge in [0.1, 0.15) is 17.5 Å². The number of nitrogens with two attached hydrogens (primary N) is 1. The summed E-state index contributed by atoms with van der Waals surface area (Å²) in [6.45, 7) is 8.54. The smallest absolute Gasteiger partial charge is 0.142 e. The first-order chi connectivity index (χ1) is 13.1. The van der Waals surface area contributed by atoms with Gasteiger partial charge >= 0.3 is 0 Å². The molecular weight excluding hydrogens is 332 g/mol. The van der Waals surface area contributed by atoms with Gasteiger partial charge in [-0.05, 0) is 62.3 Å². The Labute approximate surface area is 163 Å². The first-order valence-electron chi connectivity index (χ1n) is 10.2. The number of aromatic nitrogens is 1. The Kier molecular flexibility index (Phi) is 6.01. The number of anilines is 2. The van der Waals surface area contributed by atoms with E-state index in [2.05, 4.69) is 61.0 Å². The summed E-state index contributed by atoms with van der Waals surface area (Å²) in [4.78, 5) is 6.91. The van der Waals surface area contributed by atoms with Crippen molar-refractivity contribution in [3.63, 3.8) is 0 Å². The van der Waals surface area contributed by atoms with Crippen molar-refractivity contribution in [1.82, 2.24) is 4.98 Å². The van der Waals surface area contributed by atoms with E-state index in [-0.39, 0.29) is 0 Å². The second-order valence-electron chi connectivity index (χ2n) is 7.40. The topological polar surface area (TPSA) is 65.9 Å². The summed E-state index contributed by atoms with van der Waals surface area (Å²) in [6, 6.07) is 10.9. The third-order valence-electron chi connectivity index (χ3n) is 5.79. The molecule has 4 heteroatoms. The zero-order valence-corrected chi connectivity index (χ0v) is 16.8. The Morgan fingerprint density at radius 2 is 1.89 bits per heavy atom. The lowest BCUT2D eigenvalue weighted by molar-refractivity contribution is 0.419. The third-order valence-corrected chi connectivity index (χ3v) is 5.79. The highest BCUT2D eigenvalue weighted by Crippen LogP contribution is 2.38. The summed E-state index contributed by atoms with van der Waals surface area (Å²) in [5, 5.41) is 9.77. The maximum absolute atomic E-state index is 9.77. The molecule has 0 saturated heterocycles. The third kappa shape index (κ3) is 3.78. The molecule has 3 rings (SSSR count). The van der Waals surface area contributed by atoms with Crippen LogP contribution >= 0.6 is 0 Å². The lowest BCUT2D eigenvalue weighted by atomic mass is 9.79. The van der Waals surface area contributed by atoms with E-state index >= 15 is 0 Å². The van der Waals surface area contributed by atoms with Crippen LogP contribution in [0.3, 0.4) is 0 Å². The van der Waals surface area contributed by atoms with Crippen molar-refractivity contribution in [3.8, 4) is 17.2 Å². The summed E-state index contributed by atoms with van der Waals surface area (Å²) >= 11 is 0. The lowest BCUT2D eigenvalue weighted by Crippen LogP contribution is -2.21. The zero-order valence-electron chi connectivity index (χ0n) is 16.8. The van der Waals surface area contributed by atoms with E-state index in [0.717, 1.165) is 42.8 Å². The molecule has 0 saturated carbocycles. The van der Waals surface area contributed by atoms with E-state index in [1.54, 1.807) is 0 Å². The van der Waals surface area contributed by atoms with Gasteiger partial charge in [-0.25, -0.2) is 4.98 Å². The first-order valence-corrected chi connectivity index (χ1v) is 10.2. The number of benzene rings is 1. The number of hydrogen-bond donors (Lipinski definition) is 1. The summed E-state index contributed by atoms with van der Waals surface area (Å²) in [6.07, 6.45) is 5.55. The Bertz CT molecular complexity index is 829. The minimum Gasteiger partial charge on any atom is -0.383 e. The minimum absolute atomic E-state index is 0.369. The van der Waals surface area contributed by atoms with Gasteiger partial charge in [0.15, 0.2) is 0 Å². The average molecular weight is 363 g/mol. The number of fused-ring (bicyclic) bond motifs is 1. The van der Waals surface area contributed by atoms with E-state index in [9.17, 15) is 5.26 Å². The summed E-state index contributed by atoms with van der Waals surface area (Å²) in [7, 11) is 0. The van der Waals surface area contributed by atoms with Gasteiger partial charge in [-0.15, -0.1) is 0 Å². The minimum atomic E-state index is 0.369. The fourth-order valence-electron chi connectivity index (χ4n) is 4.36. The maximum atomic E-state index is 9.77.